The fraction of sp³-hybridized carbons (Fsp3) is 0.200. The molecule has 2 N–H and O–H groups in total. The lowest BCUT2D eigenvalue weighted by molar-refractivity contribution is -0.128. The Kier molecular flexibility index (Phi) is 8.28. The normalized spacial score (nSPS) is 11.2. The average Bonchev–Trinajstić information content (AvgIpc) is 2.87. The van der Waals surface area contributed by atoms with Gasteiger partial charge in [0, 0.05) is 5.56 Å². The fourth-order valence-electron chi connectivity index (χ4n) is 2.96. The Bertz CT molecular complexity index is 1110. The number of ether oxygens (including phenoxy) is 4. The quantitative estimate of drug-likeness (QED) is 0.466. The summed E-state index contributed by atoms with van der Waals surface area (Å²) in [6.45, 7) is 1.70. The second-order valence-corrected chi connectivity index (χ2v) is 7.12. The Morgan fingerprint density at radius 3 is 2.12 bits per heavy atom. The van der Waals surface area contributed by atoms with E-state index in [2.05, 4.69) is 10.9 Å². The van der Waals surface area contributed by atoms with Crippen molar-refractivity contribution < 1.29 is 32.9 Å². The zero-order valence-corrected chi connectivity index (χ0v) is 19.0. The molecule has 0 aliphatic heterocycles. The van der Waals surface area contributed by atoms with E-state index in [4.69, 9.17) is 18.9 Å². The van der Waals surface area contributed by atoms with Crippen molar-refractivity contribution in [3.8, 4) is 23.0 Å². The summed E-state index contributed by atoms with van der Waals surface area (Å²) in [4.78, 5) is 24.9. The van der Waals surface area contributed by atoms with Gasteiger partial charge in [-0.1, -0.05) is 42.5 Å². The number of hydrogen-bond acceptors (Lipinski definition) is 6. The Hall–Kier alpha value is -4.27. The second kappa shape index (κ2) is 11.6. The molecule has 3 rings (SSSR count). The average molecular weight is 468 g/mol. The number of hydrazine groups is 1. The van der Waals surface area contributed by atoms with Crippen LogP contribution in [-0.4, -0.2) is 32.1 Å². The van der Waals surface area contributed by atoms with E-state index in [-0.39, 0.29) is 29.4 Å². The fourth-order valence-corrected chi connectivity index (χ4v) is 2.96. The largest absolute Gasteiger partial charge is 0.493 e. The van der Waals surface area contributed by atoms with Crippen molar-refractivity contribution in [2.24, 2.45) is 0 Å². The third-order valence-corrected chi connectivity index (χ3v) is 4.76. The van der Waals surface area contributed by atoms with Gasteiger partial charge in [0.2, 0.25) is 5.75 Å². The van der Waals surface area contributed by atoms with Crippen LogP contribution in [0, 0.1) is 5.82 Å². The molecule has 178 valence electrons. The molecule has 3 aromatic carbocycles. The molecular weight excluding hydrogens is 443 g/mol. The van der Waals surface area contributed by atoms with E-state index in [1.165, 1.54) is 51.5 Å². The van der Waals surface area contributed by atoms with Gasteiger partial charge < -0.3 is 18.9 Å². The van der Waals surface area contributed by atoms with Gasteiger partial charge in [-0.15, -0.1) is 0 Å². The van der Waals surface area contributed by atoms with Crippen molar-refractivity contribution in [1.29, 1.82) is 0 Å². The zero-order chi connectivity index (χ0) is 24.5. The van der Waals surface area contributed by atoms with Crippen molar-refractivity contribution >= 4 is 11.8 Å². The SMILES string of the molecule is COc1cc(C(=O)NNC(=O)C(C)Oc2ccccc2F)cc(OC)c1OCc1ccccc1. The van der Waals surface area contributed by atoms with Crippen LogP contribution in [0.1, 0.15) is 22.8 Å². The van der Waals surface area contributed by atoms with Gasteiger partial charge in [-0.05, 0) is 36.8 Å². The minimum absolute atomic E-state index is 0.0722. The highest BCUT2D eigenvalue weighted by Crippen LogP contribution is 2.39. The minimum atomic E-state index is -1.06. The van der Waals surface area contributed by atoms with Gasteiger partial charge >= 0.3 is 0 Å². The first-order valence-electron chi connectivity index (χ1n) is 10.4. The molecule has 34 heavy (non-hydrogen) atoms. The lowest BCUT2D eigenvalue weighted by atomic mass is 10.1. The Morgan fingerprint density at radius 1 is 0.882 bits per heavy atom. The lowest BCUT2D eigenvalue weighted by Crippen LogP contribution is -2.47. The number of carbonyl (C=O) groups excluding carboxylic acids is 2. The lowest BCUT2D eigenvalue weighted by Gasteiger charge is -2.17. The van der Waals surface area contributed by atoms with Gasteiger partial charge in [-0.3, -0.25) is 20.4 Å². The van der Waals surface area contributed by atoms with Crippen LogP contribution in [0.5, 0.6) is 23.0 Å². The first-order valence-corrected chi connectivity index (χ1v) is 10.4. The summed E-state index contributed by atoms with van der Waals surface area (Å²) in [5.74, 6) is -1.07. The highest BCUT2D eigenvalue weighted by molar-refractivity contribution is 5.97. The number of para-hydroxylation sites is 1. The van der Waals surface area contributed by atoms with Crippen LogP contribution in [0.25, 0.3) is 0 Å². The molecule has 1 atom stereocenters. The molecule has 2 amide bonds. The van der Waals surface area contributed by atoms with Crippen molar-refractivity contribution in [2.45, 2.75) is 19.6 Å². The number of amides is 2. The van der Waals surface area contributed by atoms with Gasteiger partial charge in [0.1, 0.15) is 6.61 Å². The number of halogens is 1. The topological polar surface area (TPSA) is 95.1 Å². The maximum atomic E-state index is 13.7. The third-order valence-electron chi connectivity index (χ3n) is 4.76. The summed E-state index contributed by atoms with van der Waals surface area (Å²) in [7, 11) is 2.88. The van der Waals surface area contributed by atoms with Crippen LogP contribution in [0.2, 0.25) is 0 Å². The molecule has 0 heterocycles. The molecule has 0 aromatic heterocycles. The summed E-state index contributed by atoms with van der Waals surface area (Å²) < 4.78 is 35.6. The summed E-state index contributed by atoms with van der Waals surface area (Å²) in [5.41, 5.74) is 5.66. The maximum absolute atomic E-state index is 13.7. The van der Waals surface area contributed by atoms with E-state index in [1.54, 1.807) is 6.07 Å². The van der Waals surface area contributed by atoms with Gasteiger partial charge in [0.05, 0.1) is 14.2 Å². The van der Waals surface area contributed by atoms with Crippen molar-refractivity contribution in [3.05, 3.63) is 83.7 Å². The predicted octanol–water partition coefficient (Wildman–Crippen LogP) is 3.65. The molecule has 0 spiro atoms. The third kappa shape index (κ3) is 6.16. The van der Waals surface area contributed by atoms with E-state index >= 15 is 0 Å². The first kappa shape index (κ1) is 24.4. The molecule has 0 saturated carbocycles. The molecule has 0 bridgehead atoms. The molecule has 1 unspecified atom stereocenters. The number of hydrogen-bond donors (Lipinski definition) is 2. The highest BCUT2D eigenvalue weighted by Gasteiger charge is 2.20. The summed E-state index contributed by atoms with van der Waals surface area (Å²) >= 11 is 0. The Balaban J connectivity index is 1.65. The van der Waals surface area contributed by atoms with Crippen molar-refractivity contribution in [3.63, 3.8) is 0 Å². The molecule has 0 radical (unpaired) electrons. The zero-order valence-electron chi connectivity index (χ0n) is 19.0. The van der Waals surface area contributed by atoms with E-state index in [1.807, 2.05) is 30.3 Å². The van der Waals surface area contributed by atoms with Gasteiger partial charge in [0.25, 0.3) is 11.8 Å². The Labute approximate surface area is 196 Å². The van der Waals surface area contributed by atoms with Crippen molar-refractivity contribution in [2.75, 3.05) is 14.2 Å². The molecule has 3 aromatic rings. The van der Waals surface area contributed by atoms with Crippen LogP contribution in [0.15, 0.2) is 66.7 Å². The van der Waals surface area contributed by atoms with Gasteiger partial charge in [-0.2, -0.15) is 0 Å². The van der Waals surface area contributed by atoms with E-state index < -0.39 is 23.7 Å². The molecule has 0 aliphatic rings. The number of benzene rings is 3. The van der Waals surface area contributed by atoms with Crippen LogP contribution in [-0.2, 0) is 11.4 Å². The van der Waals surface area contributed by atoms with Crippen molar-refractivity contribution in [1.82, 2.24) is 10.9 Å². The highest BCUT2D eigenvalue weighted by atomic mass is 19.1. The van der Waals surface area contributed by atoms with Crippen LogP contribution in [0.3, 0.4) is 0 Å². The first-order chi connectivity index (χ1) is 16.4. The number of methoxy groups -OCH3 is 2. The van der Waals surface area contributed by atoms with Gasteiger partial charge in [-0.25, -0.2) is 4.39 Å². The second-order valence-electron chi connectivity index (χ2n) is 7.12. The van der Waals surface area contributed by atoms with E-state index in [0.29, 0.717) is 5.75 Å². The molecule has 0 aliphatic carbocycles. The molecule has 0 fully saturated rings. The number of nitrogens with one attached hydrogen (secondary N) is 2. The maximum Gasteiger partial charge on any atom is 0.279 e. The standard InChI is InChI=1S/C25H25FN2O6/c1-16(34-20-12-8-7-11-19(20)26)24(29)27-28-25(30)18-13-21(31-2)23(22(14-18)32-3)33-15-17-9-5-4-6-10-17/h4-14,16H,15H2,1-3H3,(H,27,29)(H,28,30). The molecule has 0 saturated heterocycles. The Morgan fingerprint density at radius 2 is 1.50 bits per heavy atom. The van der Waals surface area contributed by atoms with E-state index in [9.17, 15) is 14.0 Å². The molecule has 8 nitrogen and oxygen atoms in total. The number of rotatable bonds is 9. The summed E-state index contributed by atoms with van der Waals surface area (Å²) in [6, 6.07) is 18.2. The monoisotopic (exact) mass is 468 g/mol. The summed E-state index contributed by atoms with van der Waals surface area (Å²) in [6.07, 6.45) is -1.06. The molecular formula is C25H25FN2O6. The molecule has 9 heteroatoms. The van der Waals surface area contributed by atoms with Gasteiger partial charge in [0.15, 0.2) is 29.2 Å². The van der Waals surface area contributed by atoms with Crippen LogP contribution in [0.4, 0.5) is 4.39 Å². The van der Waals surface area contributed by atoms with Crippen LogP contribution < -0.4 is 29.8 Å². The summed E-state index contributed by atoms with van der Waals surface area (Å²) in [5, 5.41) is 0. The van der Waals surface area contributed by atoms with E-state index in [0.717, 1.165) is 5.56 Å². The number of carbonyl (C=O) groups is 2. The predicted molar refractivity (Wildman–Crippen MR) is 122 cm³/mol. The van der Waals surface area contributed by atoms with Crippen LogP contribution >= 0.6 is 0 Å². The smallest absolute Gasteiger partial charge is 0.279 e. The minimum Gasteiger partial charge on any atom is -0.493 e.